The van der Waals surface area contributed by atoms with E-state index in [2.05, 4.69) is 50.4 Å². The fraction of sp³-hybridized carbons (Fsp3) is 0.591. The molecule has 154 valence electrons. The predicted molar refractivity (Wildman–Crippen MR) is 110 cm³/mol. The second-order valence-corrected chi connectivity index (χ2v) is 7.95. The van der Waals surface area contributed by atoms with E-state index in [4.69, 9.17) is 0 Å². The minimum atomic E-state index is -0.0199. The Morgan fingerprint density at radius 2 is 1.57 bits per heavy atom. The van der Waals surface area contributed by atoms with Crippen LogP contribution < -0.4 is 5.32 Å². The van der Waals surface area contributed by atoms with Gasteiger partial charge < -0.3 is 15.1 Å². The van der Waals surface area contributed by atoms with Gasteiger partial charge in [0.2, 0.25) is 17.7 Å². The minimum Gasteiger partial charge on any atom is -0.356 e. The lowest BCUT2D eigenvalue weighted by Crippen LogP contribution is -2.50. The number of carbonyl (C=O) groups excluding carboxylic acids is 3. The number of piperazine rings is 1. The van der Waals surface area contributed by atoms with Crippen LogP contribution in [0.4, 0.5) is 0 Å². The molecule has 1 aliphatic heterocycles. The number of nitrogens with zero attached hydrogens (tertiary/aromatic N) is 2. The summed E-state index contributed by atoms with van der Waals surface area (Å²) in [4.78, 5) is 39.6. The highest BCUT2D eigenvalue weighted by Crippen LogP contribution is 2.28. The molecule has 6 nitrogen and oxygen atoms in total. The molecule has 1 heterocycles. The van der Waals surface area contributed by atoms with Gasteiger partial charge in [-0.25, -0.2) is 0 Å². The number of nitrogens with one attached hydrogen (secondary N) is 1. The molecule has 1 atom stereocenters. The Bertz CT molecular complexity index is 677. The van der Waals surface area contributed by atoms with Gasteiger partial charge in [0.25, 0.3) is 0 Å². The second-order valence-electron chi connectivity index (χ2n) is 7.95. The maximum absolute atomic E-state index is 12.4. The largest absolute Gasteiger partial charge is 0.356 e. The van der Waals surface area contributed by atoms with Crippen LogP contribution in [0.3, 0.4) is 0 Å². The molecule has 0 radical (unpaired) electrons. The summed E-state index contributed by atoms with van der Waals surface area (Å²) < 4.78 is 0. The van der Waals surface area contributed by atoms with Gasteiger partial charge >= 0.3 is 0 Å². The van der Waals surface area contributed by atoms with Gasteiger partial charge in [0.15, 0.2) is 0 Å². The number of benzene rings is 1. The van der Waals surface area contributed by atoms with Gasteiger partial charge in [-0.2, -0.15) is 0 Å². The third-order valence-corrected chi connectivity index (χ3v) is 5.45. The Morgan fingerprint density at radius 3 is 2.11 bits per heavy atom. The first kappa shape index (κ1) is 21.9. The molecule has 0 saturated carbocycles. The van der Waals surface area contributed by atoms with Gasteiger partial charge in [0, 0.05) is 52.5 Å². The number of amides is 3. The van der Waals surface area contributed by atoms with Gasteiger partial charge in [-0.1, -0.05) is 43.7 Å². The van der Waals surface area contributed by atoms with Crippen molar-refractivity contribution >= 4 is 17.7 Å². The average molecular weight is 388 g/mol. The van der Waals surface area contributed by atoms with E-state index < -0.39 is 0 Å². The molecule has 1 aromatic carbocycles. The summed E-state index contributed by atoms with van der Waals surface area (Å²) >= 11 is 0. The molecule has 1 saturated heterocycles. The van der Waals surface area contributed by atoms with Crippen molar-refractivity contribution in [1.82, 2.24) is 15.1 Å². The van der Waals surface area contributed by atoms with Crippen LogP contribution >= 0.6 is 0 Å². The highest BCUT2D eigenvalue weighted by atomic mass is 16.2. The highest BCUT2D eigenvalue weighted by molar-refractivity contribution is 5.80. The molecule has 0 aromatic heterocycles. The molecule has 0 spiro atoms. The number of hydrogen-bond acceptors (Lipinski definition) is 3. The Balaban J connectivity index is 1.76. The average Bonchev–Trinajstić information content (AvgIpc) is 2.66. The maximum atomic E-state index is 12.4. The van der Waals surface area contributed by atoms with Crippen LogP contribution in [-0.2, 0) is 14.4 Å². The number of aryl methyl sites for hydroxylation is 1. The zero-order chi connectivity index (χ0) is 20.7. The minimum absolute atomic E-state index is 0.0199. The molecular formula is C22H33N3O3. The summed E-state index contributed by atoms with van der Waals surface area (Å²) in [5.74, 6) is 0.576. The molecule has 1 aromatic rings. The van der Waals surface area contributed by atoms with Crippen molar-refractivity contribution in [1.29, 1.82) is 0 Å². The molecule has 1 unspecified atom stereocenters. The van der Waals surface area contributed by atoms with Crippen LogP contribution in [-0.4, -0.2) is 60.2 Å². The smallest absolute Gasteiger partial charge is 0.224 e. The molecule has 0 bridgehead atoms. The Kier molecular flexibility index (Phi) is 8.03. The summed E-state index contributed by atoms with van der Waals surface area (Å²) in [5.41, 5.74) is 2.38. The first-order chi connectivity index (χ1) is 13.3. The molecule has 1 N–H and O–H groups in total. The first-order valence-electron chi connectivity index (χ1n) is 10.1. The lowest BCUT2D eigenvalue weighted by Gasteiger charge is -2.34. The van der Waals surface area contributed by atoms with E-state index in [1.54, 1.807) is 16.7 Å². The van der Waals surface area contributed by atoms with Crippen molar-refractivity contribution in [3.63, 3.8) is 0 Å². The monoisotopic (exact) mass is 387 g/mol. The van der Waals surface area contributed by atoms with Crippen LogP contribution in [0.15, 0.2) is 24.3 Å². The van der Waals surface area contributed by atoms with E-state index in [0.717, 1.165) is 0 Å². The van der Waals surface area contributed by atoms with Crippen molar-refractivity contribution in [2.24, 2.45) is 5.92 Å². The molecule has 6 heteroatoms. The standard InChI is InChI=1S/C22H33N3O3/c1-16(2)20(19-7-5-17(3)6-8-19)15-21(27)23-10-9-22(28)25-13-11-24(12-14-25)18(4)26/h5-8,16,20H,9-15H2,1-4H3,(H,23,27). The van der Waals surface area contributed by atoms with E-state index in [-0.39, 0.29) is 23.6 Å². The fourth-order valence-electron chi connectivity index (χ4n) is 3.56. The molecular weight excluding hydrogens is 354 g/mol. The first-order valence-corrected chi connectivity index (χ1v) is 10.1. The van der Waals surface area contributed by atoms with Crippen LogP contribution in [0.1, 0.15) is 50.7 Å². The van der Waals surface area contributed by atoms with Gasteiger partial charge in [0.05, 0.1) is 0 Å². The summed E-state index contributed by atoms with van der Waals surface area (Å²) in [6, 6.07) is 8.34. The van der Waals surface area contributed by atoms with E-state index in [0.29, 0.717) is 51.5 Å². The van der Waals surface area contributed by atoms with Gasteiger partial charge in [0.1, 0.15) is 0 Å². The number of carbonyl (C=O) groups is 3. The summed E-state index contributed by atoms with van der Waals surface area (Å²) in [5, 5.41) is 2.90. The van der Waals surface area contributed by atoms with E-state index in [1.165, 1.54) is 11.1 Å². The second kappa shape index (κ2) is 10.2. The third kappa shape index (κ3) is 6.36. The molecule has 28 heavy (non-hydrogen) atoms. The van der Waals surface area contributed by atoms with Gasteiger partial charge in [-0.3, -0.25) is 14.4 Å². The quantitative estimate of drug-likeness (QED) is 0.781. The molecule has 0 aliphatic carbocycles. The van der Waals surface area contributed by atoms with Crippen molar-refractivity contribution < 1.29 is 14.4 Å². The lowest BCUT2D eigenvalue weighted by atomic mass is 9.85. The SMILES string of the molecule is CC(=O)N1CCN(C(=O)CCNC(=O)CC(c2ccc(C)cc2)C(C)C)CC1. The summed E-state index contributed by atoms with van der Waals surface area (Å²) in [6.07, 6.45) is 0.717. The van der Waals surface area contributed by atoms with Crippen molar-refractivity contribution in [2.45, 2.75) is 46.5 Å². The zero-order valence-corrected chi connectivity index (χ0v) is 17.5. The number of rotatable bonds is 7. The van der Waals surface area contributed by atoms with E-state index >= 15 is 0 Å². The molecule has 3 amide bonds. The fourth-order valence-corrected chi connectivity index (χ4v) is 3.56. The van der Waals surface area contributed by atoms with Crippen LogP contribution in [0.2, 0.25) is 0 Å². The van der Waals surface area contributed by atoms with Crippen molar-refractivity contribution in [2.75, 3.05) is 32.7 Å². The normalized spacial score (nSPS) is 15.5. The van der Waals surface area contributed by atoms with Gasteiger partial charge in [-0.15, -0.1) is 0 Å². The molecule has 1 fully saturated rings. The summed E-state index contributed by atoms with van der Waals surface area (Å²) in [6.45, 7) is 10.5. The van der Waals surface area contributed by atoms with Gasteiger partial charge in [-0.05, 0) is 24.3 Å². The Hall–Kier alpha value is -2.37. The maximum Gasteiger partial charge on any atom is 0.224 e. The Labute approximate surface area is 168 Å². The summed E-state index contributed by atoms with van der Waals surface area (Å²) in [7, 11) is 0. The number of hydrogen-bond donors (Lipinski definition) is 1. The molecule has 2 rings (SSSR count). The van der Waals surface area contributed by atoms with E-state index in [1.807, 2.05) is 0 Å². The van der Waals surface area contributed by atoms with E-state index in [9.17, 15) is 14.4 Å². The third-order valence-electron chi connectivity index (χ3n) is 5.45. The van der Waals surface area contributed by atoms with Crippen LogP contribution in [0.5, 0.6) is 0 Å². The topological polar surface area (TPSA) is 69.7 Å². The molecule has 1 aliphatic rings. The van der Waals surface area contributed by atoms with Crippen LogP contribution in [0.25, 0.3) is 0 Å². The van der Waals surface area contributed by atoms with Crippen molar-refractivity contribution in [3.05, 3.63) is 35.4 Å². The van der Waals surface area contributed by atoms with Crippen molar-refractivity contribution in [3.8, 4) is 0 Å². The Morgan fingerprint density at radius 1 is 1.00 bits per heavy atom. The van der Waals surface area contributed by atoms with Crippen LogP contribution in [0, 0.1) is 12.8 Å². The zero-order valence-electron chi connectivity index (χ0n) is 17.5. The predicted octanol–water partition coefficient (Wildman–Crippen LogP) is 2.32. The highest BCUT2D eigenvalue weighted by Gasteiger charge is 2.23. The lowest BCUT2D eigenvalue weighted by molar-refractivity contribution is -0.138.